The molecule has 0 saturated carbocycles. The van der Waals surface area contributed by atoms with Gasteiger partial charge in [0.15, 0.2) is 6.10 Å². The zero-order valence-corrected chi connectivity index (χ0v) is 18.5. The van der Waals surface area contributed by atoms with Gasteiger partial charge in [-0.15, -0.1) is 0 Å². The van der Waals surface area contributed by atoms with E-state index in [0.717, 1.165) is 43.7 Å². The summed E-state index contributed by atoms with van der Waals surface area (Å²) in [6, 6.07) is 10.3. The van der Waals surface area contributed by atoms with Crippen molar-refractivity contribution in [3.05, 3.63) is 52.8 Å². The first kappa shape index (κ1) is 21.7. The largest absolute Gasteiger partial charge is 0.495 e. The summed E-state index contributed by atoms with van der Waals surface area (Å²) in [6.07, 6.45) is 1.14. The highest BCUT2D eigenvalue weighted by Crippen LogP contribution is 2.40. The third kappa shape index (κ3) is 5.05. The first-order valence-corrected chi connectivity index (χ1v) is 10.8. The number of carbonyl (C=O) groups excluding carboxylic acids is 1. The second-order valence-electron chi connectivity index (χ2n) is 8.13. The second-order valence-corrected chi connectivity index (χ2v) is 8.53. The Hall–Kier alpha value is -2.51. The van der Waals surface area contributed by atoms with Crippen LogP contribution in [0.5, 0.6) is 11.5 Å². The van der Waals surface area contributed by atoms with E-state index in [0.29, 0.717) is 23.1 Å². The Morgan fingerprint density at radius 2 is 1.97 bits per heavy atom. The van der Waals surface area contributed by atoms with E-state index in [1.807, 2.05) is 24.1 Å². The summed E-state index contributed by atoms with van der Waals surface area (Å²) in [6.45, 7) is 3.00. The van der Waals surface area contributed by atoms with Gasteiger partial charge in [-0.3, -0.25) is 9.69 Å². The number of ether oxygens (including phenoxy) is 2. The van der Waals surface area contributed by atoms with E-state index in [2.05, 4.69) is 10.2 Å². The highest BCUT2D eigenvalue weighted by Gasteiger charge is 2.32. The fraction of sp³-hybridized carbons (Fsp3) is 0.435. The van der Waals surface area contributed by atoms with Crippen LogP contribution in [0.3, 0.4) is 0 Å². The third-order valence-electron chi connectivity index (χ3n) is 5.90. The van der Waals surface area contributed by atoms with Crippen LogP contribution in [0.4, 0.5) is 10.1 Å². The number of likely N-dealkylation sites (tertiary alicyclic amines) is 1. The van der Waals surface area contributed by atoms with E-state index in [-0.39, 0.29) is 17.8 Å². The standard InChI is InChI=1S/C23H27ClFN3O3/c1-27-14-22(31-21-12-20(30-2)18(24)11-19(21)27)23(29)26-17-7-9-28(10-8-17)13-15-3-5-16(25)6-4-15/h3-6,11-12,17,22H,7-10,13-14H2,1-2H3,(H,26,29). The Labute approximate surface area is 186 Å². The van der Waals surface area contributed by atoms with Gasteiger partial charge in [0.25, 0.3) is 5.91 Å². The van der Waals surface area contributed by atoms with Crippen LogP contribution in [0, 0.1) is 5.82 Å². The number of rotatable bonds is 5. The summed E-state index contributed by atoms with van der Waals surface area (Å²) in [7, 11) is 3.46. The minimum absolute atomic E-state index is 0.108. The Kier molecular flexibility index (Phi) is 6.53. The maximum absolute atomic E-state index is 13.1. The maximum Gasteiger partial charge on any atom is 0.263 e. The van der Waals surface area contributed by atoms with Crippen molar-refractivity contribution in [2.45, 2.75) is 31.5 Å². The van der Waals surface area contributed by atoms with E-state index in [1.165, 1.54) is 12.1 Å². The normalized spacial score (nSPS) is 19.5. The van der Waals surface area contributed by atoms with Crippen molar-refractivity contribution in [2.24, 2.45) is 0 Å². The second kappa shape index (κ2) is 9.32. The van der Waals surface area contributed by atoms with Crippen LogP contribution in [-0.2, 0) is 11.3 Å². The summed E-state index contributed by atoms with van der Waals surface area (Å²) in [4.78, 5) is 17.2. The van der Waals surface area contributed by atoms with Gasteiger partial charge >= 0.3 is 0 Å². The van der Waals surface area contributed by atoms with E-state index in [9.17, 15) is 9.18 Å². The molecule has 8 heteroatoms. The molecule has 2 aromatic rings. The lowest BCUT2D eigenvalue weighted by Gasteiger charge is -2.36. The van der Waals surface area contributed by atoms with Crippen molar-refractivity contribution in [3.8, 4) is 11.5 Å². The fourth-order valence-electron chi connectivity index (χ4n) is 4.12. The average molecular weight is 448 g/mol. The molecule has 4 rings (SSSR count). The van der Waals surface area contributed by atoms with Crippen molar-refractivity contribution in [2.75, 3.05) is 38.7 Å². The Morgan fingerprint density at radius 3 is 2.65 bits per heavy atom. The van der Waals surface area contributed by atoms with Crippen LogP contribution in [0.2, 0.25) is 5.02 Å². The molecule has 1 amide bonds. The highest BCUT2D eigenvalue weighted by atomic mass is 35.5. The molecule has 0 aliphatic carbocycles. The number of anilines is 1. The molecule has 2 aliphatic heterocycles. The van der Waals surface area contributed by atoms with Gasteiger partial charge in [-0.2, -0.15) is 0 Å². The smallest absolute Gasteiger partial charge is 0.263 e. The van der Waals surface area contributed by atoms with E-state index in [4.69, 9.17) is 21.1 Å². The van der Waals surface area contributed by atoms with E-state index < -0.39 is 6.10 Å². The van der Waals surface area contributed by atoms with Gasteiger partial charge in [-0.25, -0.2) is 4.39 Å². The quantitative estimate of drug-likeness (QED) is 0.760. The van der Waals surface area contributed by atoms with Crippen molar-refractivity contribution in [1.82, 2.24) is 10.2 Å². The number of nitrogens with zero attached hydrogens (tertiary/aromatic N) is 2. The summed E-state index contributed by atoms with van der Waals surface area (Å²) in [5, 5.41) is 3.65. The number of likely N-dealkylation sites (N-methyl/N-ethyl adjacent to an activating group) is 1. The number of piperidine rings is 1. The van der Waals surface area contributed by atoms with Crippen LogP contribution in [0.1, 0.15) is 18.4 Å². The minimum Gasteiger partial charge on any atom is -0.495 e. The first-order chi connectivity index (χ1) is 14.9. The summed E-state index contributed by atoms with van der Waals surface area (Å²) in [5.74, 6) is 0.779. The number of amides is 1. The zero-order valence-electron chi connectivity index (χ0n) is 17.7. The Morgan fingerprint density at radius 1 is 1.26 bits per heavy atom. The monoisotopic (exact) mass is 447 g/mol. The van der Waals surface area contributed by atoms with Gasteiger partial charge in [-0.05, 0) is 36.6 Å². The van der Waals surface area contributed by atoms with Crippen molar-refractivity contribution >= 4 is 23.2 Å². The van der Waals surface area contributed by atoms with E-state index >= 15 is 0 Å². The van der Waals surface area contributed by atoms with Gasteiger partial charge in [0.1, 0.15) is 17.3 Å². The van der Waals surface area contributed by atoms with Gasteiger partial charge in [0.05, 0.1) is 24.4 Å². The lowest BCUT2D eigenvalue weighted by Crippen LogP contribution is -2.52. The molecule has 1 atom stereocenters. The number of hydrogen-bond donors (Lipinski definition) is 1. The molecule has 31 heavy (non-hydrogen) atoms. The Bertz CT molecular complexity index is 932. The number of carbonyl (C=O) groups is 1. The number of hydrogen-bond acceptors (Lipinski definition) is 5. The van der Waals surface area contributed by atoms with Crippen molar-refractivity contribution < 1.29 is 18.7 Å². The van der Waals surface area contributed by atoms with Crippen molar-refractivity contribution in [1.29, 1.82) is 0 Å². The molecule has 2 aromatic carbocycles. The lowest BCUT2D eigenvalue weighted by molar-refractivity contribution is -0.128. The number of fused-ring (bicyclic) bond motifs is 1. The molecule has 1 saturated heterocycles. The topological polar surface area (TPSA) is 54.0 Å². The highest BCUT2D eigenvalue weighted by molar-refractivity contribution is 6.32. The zero-order chi connectivity index (χ0) is 22.0. The maximum atomic E-state index is 13.1. The minimum atomic E-state index is -0.597. The molecular weight excluding hydrogens is 421 g/mol. The van der Waals surface area contributed by atoms with Gasteiger partial charge in [0, 0.05) is 38.8 Å². The number of nitrogens with one attached hydrogen (secondary N) is 1. The number of methoxy groups -OCH3 is 1. The summed E-state index contributed by atoms with van der Waals surface area (Å²) < 4.78 is 24.3. The predicted octanol–water partition coefficient (Wildman–Crippen LogP) is 3.47. The first-order valence-electron chi connectivity index (χ1n) is 10.5. The van der Waals surface area contributed by atoms with Crippen LogP contribution < -0.4 is 19.7 Å². The van der Waals surface area contributed by atoms with Gasteiger partial charge < -0.3 is 19.7 Å². The molecule has 6 nitrogen and oxygen atoms in total. The molecule has 0 aromatic heterocycles. The van der Waals surface area contributed by atoms with Crippen LogP contribution in [0.25, 0.3) is 0 Å². The van der Waals surface area contributed by atoms with Crippen LogP contribution in [-0.4, -0.2) is 56.7 Å². The summed E-state index contributed by atoms with van der Waals surface area (Å²) in [5.41, 5.74) is 1.93. The Balaban J connectivity index is 1.30. The average Bonchev–Trinajstić information content (AvgIpc) is 2.76. The lowest BCUT2D eigenvalue weighted by atomic mass is 10.0. The van der Waals surface area contributed by atoms with Crippen LogP contribution >= 0.6 is 11.6 Å². The van der Waals surface area contributed by atoms with Gasteiger partial charge in [0.2, 0.25) is 0 Å². The molecule has 0 spiro atoms. The molecule has 0 bridgehead atoms. The van der Waals surface area contributed by atoms with Crippen molar-refractivity contribution in [3.63, 3.8) is 0 Å². The van der Waals surface area contributed by atoms with Gasteiger partial charge in [-0.1, -0.05) is 23.7 Å². The molecule has 2 heterocycles. The molecule has 0 radical (unpaired) electrons. The molecule has 2 aliphatic rings. The summed E-state index contributed by atoms with van der Waals surface area (Å²) >= 11 is 6.22. The molecule has 1 N–H and O–H groups in total. The molecular formula is C23H27ClFN3O3. The fourth-order valence-corrected chi connectivity index (χ4v) is 4.36. The molecule has 166 valence electrons. The predicted molar refractivity (Wildman–Crippen MR) is 119 cm³/mol. The van der Waals surface area contributed by atoms with Crippen LogP contribution in [0.15, 0.2) is 36.4 Å². The number of benzene rings is 2. The van der Waals surface area contributed by atoms with E-state index in [1.54, 1.807) is 19.2 Å². The SMILES string of the molecule is COc1cc2c(cc1Cl)N(C)CC(C(=O)NC1CCN(Cc3ccc(F)cc3)CC1)O2. The third-order valence-corrected chi connectivity index (χ3v) is 6.19. The molecule has 1 fully saturated rings. The molecule has 1 unspecified atom stereocenters. The number of halogens is 2.